The Kier molecular flexibility index (Phi) is 6.05. The minimum atomic E-state index is 0.479. The van der Waals surface area contributed by atoms with E-state index in [0.717, 1.165) is 12.7 Å². The van der Waals surface area contributed by atoms with Crippen molar-refractivity contribution in [3.63, 3.8) is 0 Å². The molecule has 0 aliphatic rings. The van der Waals surface area contributed by atoms with Gasteiger partial charge in [0, 0.05) is 20.3 Å². The molecule has 0 saturated heterocycles. The van der Waals surface area contributed by atoms with Gasteiger partial charge in [0.05, 0.1) is 0 Å². The van der Waals surface area contributed by atoms with E-state index in [9.17, 15) is 9.59 Å². The van der Waals surface area contributed by atoms with Crippen LogP contribution in [-0.2, 0) is 4.79 Å². The van der Waals surface area contributed by atoms with E-state index < -0.39 is 0 Å². The summed E-state index contributed by atoms with van der Waals surface area (Å²) in [6.45, 7) is 0. The van der Waals surface area contributed by atoms with Crippen LogP contribution in [0.15, 0.2) is 24.4 Å². The number of hydrogen-bond donors (Lipinski definition) is 0. The third kappa shape index (κ3) is 6.68. The Morgan fingerprint density at radius 2 is 1.92 bits per heavy atom. The van der Waals surface area contributed by atoms with Crippen molar-refractivity contribution >= 4 is 12.7 Å². The van der Waals surface area contributed by atoms with Crippen LogP contribution in [-0.4, -0.2) is 36.7 Å². The molecule has 0 bridgehead atoms. The fourth-order valence-corrected chi connectivity index (χ4v) is 0.446. The molecule has 0 fully saturated rings. The lowest BCUT2D eigenvalue weighted by molar-refractivity contribution is -0.115. The number of hydrogen-bond acceptors (Lipinski definition) is 3. The number of amides is 1. The van der Waals surface area contributed by atoms with E-state index in [0.29, 0.717) is 5.69 Å². The van der Waals surface area contributed by atoms with E-state index in [1.54, 1.807) is 38.5 Å². The molecule has 0 aromatic carbocycles. The van der Waals surface area contributed by atoms with Crippen LogP contribution in [0.4, 0.5) is 0 Å². The van der Waals surface area contributed by atoms with Crippen molar-refractivity contribution in [2.24, 2.45) is 0 Å². The van der Waals surface area contributed by atoms with Crippen LogP contribution in [0.3, 0.4) is 0 Å². The highest BCUT2D eigenvalue weighted by Crippen LogP contribution is 1.85. The first kappa shape index (κ1) is 11.3. The third-order valence-electron chi connectivity index (χ3n) is 1.02. The molecule has 1 heterocycles. The standard InChI is InChI=1S/C6H5NO.C3H7NO/c8-5-6-3-1-2-4-7-6;1-4(2)3-5/h1-5H;3H,1-2H3. The van der Waals surface area contributed by atoms with E-state index in [2.05, 4.69) is 4.98 Å². The van der Waals surface area contributed by atoms with E-state index in [1.165, 1.54) is 4.90 Å². The SMILES string of the molecule is CN(C)C=O.O=Cc1ccccn1. The first-order chi connectivity index (χ1) is 6.20. The molecule has 0 unspecified atom stereocenters. The van der Waals surface area contributed by atoms with Crippen LogP contribution >= 0.6 is 0 Å². The molecule has 4 nitrogen and oxygen atoms in total. The zero-order valence-electron chi connectivity index (χ0n) is 7.68. The zero-order chi connectivity index (χ0) is 10.1. The van der Waals surface area contributed by atoms with Gasteiger partial charge in [-0.3, -0.25) is 14.6 Å². The fourth-order valence-electron chi connectivity index (χ4n) is 0.446. The van der Waals surface area contributed by atoms with E-state index >= 15 is 0 Å². The summed E-state index contributed by atoms with van der Waals surface area (Å²) in [6.07, 6.45) is 3.06. The molecule has 0 radical (unpaired) electrons. The molecule has 1 aromatic rings. The minimum Gasteiger partial charge on any atom is -0.351 e. The fraction of sp³-hybridized carbons (Fsp3) is 0.222. The molecule has 1 amide bonds. The number of aromatic nitrogens is 1. The third-order valence-corrected chi connectivity index (χ3v) is 1.02. The smallest absolute Gasteiger partial charge is 0.209 e. The summed E-state index contributed by atoms with van der Waals surface area (Å²) in [6, 6.07) is 5.21. The van der Waals surface area contributed by atoms with Crippen molar-refractivity contribution in [2.45, 2.75) is 0 Å². The first-order valence-electron chi connectivity index (χ1n) is 3.68. The summed E-state index contributed by atoms with van der Waals surface area (Å²) in [5.41, 5.74) is 0.479. The summed E-state index contributed by atoms with van der Waals surface area (Å²) in [5, 5.41) is 0. The van der Waals surface area contributed by atoms with Gasteiger partial charge in [-0.2, -0.15) is 0 Å². The Morgan fingerprint density at radius 1 is 1.31 bits per heavy atom. The van der Waals surface area contributed by atoms with Crippen LogP contribution in [0.2, 0.25) is 0 Å². The highest BCUT2D eigenvalue weighted by molar-refractivity contribution is 5.71. The normalized spacial score (nSPS) is 7.85. The average Bonchev–Trinajstić information content (AvgIpc) is 2.20. The van der Waals surface area contributed by atoms with Crippen molar-refractivity contribution in [3.05, 3.63) is 30.1 Å². The van der Waals surface area contributed by atoms with Gasteiger partial charge in [0.25, 0.3) is 0 Å². The van der Waals surface area contributed by atoms with Crippen LogP contribution in [0.5, 0.6) is 0 Å². The topological polar surface area (TPSA) is 50.3 Å². The Hall–Kier alpha value is -1.71. The summed E-state index contributed by atoms with van der Waals surface area (Å²) < 4.78 is 0. The molecule has 1 rings (SSSR count). The largest absolute Gasteiger partial charge is 0.351 e. The monoisotopic (exact) mass is 180 g/mol. The number of nitrogens with zero attached hydrogens (tertiary/aromatic N) is 2. The second kappa shape index (κ2) is 6.97. The molecule has 0 aliphatic carbocycles. The predicted octanol–water partition coefficient (Wildman–Crippen LogP) is 0.599. The minimum absolute atomic E-state index is 0.479. The lowest BCUT2D eigenvalue weighted by Crippen LogP contribution is -2.06. The van der Waals surface area contributed by atoms with Crippen LogP contribution in [0, 0.1) is 0 Å². The molecule has 0 saturated carbocycles. The van der Waals surface area contributed by atoms with Gasteiger partial charge < -0.3 is 4.90 Å². The summed E-state index contributed by atoms with van der Waals surface area (Å²) in [5.74, 6) is 0. The van der Waals surface area contributed by atoms with Gasteiger partial charge >= 0.3 is 0 Å². The van der Waals surface area contributed by atoms with Gasteiger partial charge in [0.1, 0.15) is 5.69 Å². The summed E-state index contributed by atoms with van der Waals surface area (Å²) in [7, 11) is 3.38. The molecule has 4 heteroatoms. The van der Waals surface area contributed by atoms with Gasteiger partial charge in [-0.1, -0.05) is 6.07 Å². The zero-order valence-corrected chi connectivity index (χ0v) is 7.68. The van der Waals surface area contributed by atoms with Gasteiger partial charge in [-0.05, 0) is 12.1 Å². The Balaban J connectivity index is 0.000000252. The van der Waals surface area contributed by atoms with Crippen molar-refractivity contribution in [3.8, 4) is 0 Å². The maximum absolute atomic E-state index is 9.94. The summed E-state index contributed by atoms with van der Waals surface area (Å²) in [4.78, 5) is 24.5. The van der Waals surface area contributed by atoms with E-state index in [4.69, 9.17) is 0 Å². The van der Waals surface area contributed by atoms with Crippen molar-refractivity contribution in [2.75, 3.05) is 14.1 Å². The Bertz CT molecular complexity index is 247. The number of rotatable bonds is 2. The molecule has 0 N–H and O–H groups in total. The molecular weight excluding hydrogens is 168 g/mol. The van der Waals surface area contributed by atoms with Gasteiger partial charge in [0.2, 0.25) is 6.41 Å². The molecule has 0 spiro atoms. The summed E-state index contributed by atoms with van der Waals surface area (Å²) >= 11 is 0. The second-order valence-corrected chi connectivity index (χ2v) is 2.44. The van der Waals surface area contributed by atoms with Crippen molar-refractivity contribution in [1.29, 1.82) is 0 Å². The molecule has 13 heavy (non-hydrogen) atoms. The van der Waals surface area contributed by atoms with Gasteiger partial charge in [-0.25, -0.2) is 0 Å². The number of pyridine rings is 1. The highest BCUT2D eigenvalue weighted by atomic mass is 16.1. The lowest BCUT2D eigenvalue weighted by atomic mass is 10.4. The molecule has 0 aliphatic heterocycles. The molecular formula is C9H12N2O2. The van der Waals surface area contributed by atoms with Crippen molar-refractivity contribution < 1.29 is 9.59 Å². The van der Waals surface area contributed by atoms with Crippen LogP contribution in [0.25, 0.3) is 0 Å². The Morgan fingerprint density at radius 3 is 2.15 bits per heavy atom. The second-order valence-electron chi connectivity index (χ2n) is 2.44. The van der Waals surface area contributed by atoms with Gasteiger partial charge in [0.15, 0.2) is 6.29 Å². The number of carbonyl (C=O) groups excluding carboxylic acids is 2. The van der Waals surface area contributed by atoms with E-state index in [-0.39, 0.29) is 0 Å². The van der Waals surface area contributed by atoms with E-state index in [1.807, 2.05) is 0 Å². The highest BCUT2D eigenvalue weighted by Gasteiger charge is 1.81. The van der Waals surface area contributed by atoms with Crippen LogP contribution in [0.1, 0.15) is 10.5 Å². The van der Waals surface area contributed by atoms with Crippen molar-refractivity contribution in [1.82, 2.24) is 9.88 Å². The number of aldehydes is 1. The first-order valence-corrected chi connectivity index (χ1v) is 3.68. The van der Waals surface area contributed by atoms with Crippen LogP contribution < -0.4 is 0 Å². The predicted molar refractivity (Wildman–Crippen MR) is 49.4 cm³/mol. The molecule has 0 atom stereocenters. The molecule has 1 aromatic heterocycles. The lowest BCUT2D eigenvalue weighted by Gasteiger charge is -1.93. The molecule has 70 valence electrons. The average molecular weight is 180 g/mol. The Labute approximate surface area is 77.2 Å². The number of carbonyl (C=O) groups is 2. The maximum atomic E-state index is 9.94. The quantitative estimate of drug-likeness (QED) is 0.626. The van der Waals surface area contributed by atoms with Gasteiger partial charge in [-0.15, -0.1) is 0 Å². The maximum Gasteiger partial charge on any atom is 0.209 e.